The first-order chi connectivity index (χ1) is 11.4. The summed E-state index contributed by atoms with van der Waals surface area (Å²) in [5.41, 5.74) is -1.79. The topological polar surface area (TPSA) is 110 Å². The van der Waals surface area contributed by atoms with Gasteiger partial charge in [-0.1, -0.05) is 23.8 Å². The van der Waals surface area contributed by atoms with E-state index in [4.69, 9.17) is 16.3 Å². The molecule has 24 heavy (non-hydrogen) atoms. The van der Waals surface area contributed by atoms with Gasteiger partial charge in [0.25, 0.3) is 5.69 Å². The van der Waals surface area contributed by atoms with E-state index in [1.54, 1.807) is 12.2 Å². The molecule has 0 aliphatic carbocycles. The summed E-state index contributed by atoms with van der Waals surface area (Å²) in [5.74, 6) is -2.86. The molecule has 9 heteroatoms. The normalized spacial score (nSPS) is 33.4. The van der Waals surface area contributed by atoms with Crippen LogP contribution < -0.4 is 4.90 Å². The molecular formula is C15H11ClN2O6. The van der Waals surface area contributed by atoms with Gasteiger partial charge >= 0.3 is 0 Å². The number of rotatable bonds is 3. The molecule has 0 radical (unpaired) electrons. The number of aliphatic hydroxyl groups is 1. The minimum Gasteiger partial charge on any atom is -0.393 e. The van der Waals surface area contributed by atoms with E-state index in [0.29, 0.717) is 0 Å². The number of ether oxygens (including phenoxy) is 1. The van der Waals surface area contributed by atoms with Gasteiger partial charge in [0.05, 0.1) is 29.5 Å². The number of imide groups is 1. The van der Waals surface area contributed by atoms with Crippen LogP contribution in [0, 0.1) is 22.0 Å². The molecule has 0 saturated carbocycles. The first kappa shape index (κ1) is 15.3. The van der Waals surface area contributed by atoms with Gasteiger partial charge in [-0.25, -0.2) is 4.90 Å². The van der Waals surface area contributed by atoms with Gasteiger partial charge in [-0.05, 0) is 12.1 Å². The van der Waals surface area contributed by atoms with Crippen LogP contribution in [0.1, 0.15) is 0 Å². The molecule has 0 unspecified atom stereocenters. The monoisotopic (exact) mass is 350 g/mol. The number of aliphatic hydroxyl groups excluding tert-OH is 1. The third-order valence-corrected chi connectivity index (χ3v) is 5.01. The molecule has 2 amide bonds. The second-order valence-electron chi connectivity index (χ2n) is 5.96. The first-order valence-electron chi connectivity index (χ1n) is 7.19. The quantitative estimate of drug-likeness (QED) is 0.377. The third-order valence-electron chi connectivity index (χ3n) is 4.78. The number of hydrogen-bond acceptors (Lipinski definition) is 6. The number of nitrogens with zero attached hydrogens (tertiary/aromatic N) is 2. The second kappa shape index (κ2) is 4.85. The summed E-state index contributed by atoms with van der Waals surface area (Å²) >= 11 is 5.78. The molecule has 2 saturated heterocycles. The Labute approximate surface area is 140 Å². The van der Waals surface area contributed by atoms with Crippen LogP contribution in [0.4, 0.5) is 11.4 Å². The number of nitro benzene ring substituents is 1. The van der Waals surface area contributed by atoms with Gasteiger partial charge in [0.2, 0.25) is 11.8 Å². The lowest BCUT2D eigenvalue weighted by Crippen LogP contribution is -2.43. The van der Waals surface area contributed by atoms with Crippen LogP contribution in [0.2, 0.25) is 5.02 Å². The summed E-state index contributed by atoms with van der Waals surface area (Å²) in [7, 11) is 0. The number of hydrogen-bond donors (Lipinski definition) is 1. The Bertz CT molecular complexity index is 824. The highest BCUT2D eigenvalue weighted by Crippen LogP contribution is 2.53. The molecule has 2 fully saturated rings. The summed E-state index contributed by atoms with van der Waals surface area (Å²) in [5, 5.41) is 21.0. The maximum absolute atomic E-state index is 12.8. The third kappa shape index (κ3) is 1.75. The SMILES string of the molecule is O=C1[C@@H]2[C@@H](C(=O)N1c1ccc(Cl)cc1[N+](=O)[O-])[C@]1(CO)C=C[C@H]2O1. The molecule has 1 aromatic rings. The van der Waals surface area contributed by atoms with Crippen LogP contribution in [-0.4, -0.2) is 40.2 Å². The zero-order valence-corrected chi connectivity index (χ0v) is 12.8. The summed E-state index contributed by atoms with van der Waals surface area (Å²) in [6.45, 7) is -0.448. The van der Waals surface area contributed by atoms with E-state index < -0.39 is 52.6 Å². The van der Waals surface area contributed by atoms with E-state index in [9.17, 15) is 24.8 Å². The smallest absolute Gasteiger partial charge is 0.294 e. The summed E-state index contributed by atoms with van der Waals surface area (Å²) in [6, 6.07) is 3.75. The number of halogens is 1. The molecule has 0 aromatic heterocycles. The van der Waals surface area contributed by atoms with Gasteiger partial charge in [0.15, 0.2) is 0 Å². The molecule has 1 N–H and O–H groups in total. The molecule has 3 heterocycles. The average molecular weight is 351 g/mol. The Kier molecular flexibility index (Phi) is 3.08. The number of fused-ring (bicyclic) bond motifs is 5. The maximum Gasteiger partial charge on any atom is 0.294 e. The van der Waals surface area contributed by atoms with Crippen molar-refractivity contribution in [3.8, 4) is 0 Å². The Morgan fingerprint density at radius 2 is 2.12 bits per heavy atom. The van der Waals surface area contributed by atoms with Crippen molar-refractivity contribution in [2.75, 3.05) is 11.5 Å². The van der Waals surface area contributed by atoms with Crippen LogP contribution >= 0.6 is 11.6 Å². The van der Waals surface area contributed by atoms with E-state index in [1.807, 2.05) is 0 Å². The molecule has 4 rings (SSSR count). The van der Waals surface area contributed by atoms with E-state index in [-0.39, 0.29) is 10.7 Å². The molecule has 124 valence electrons. The Hall–Kier alpha value is -2.29. The predicted octanol–water partition coefficient (Wildman–Crippen LogP) is 1.05. The van der Waals surface area contributed by atoms with Gasteiger partial charge in [-0.3, -0.25) is 19.7 Å². The summed E-state index contributed by atoms with van der Waals surface area (Å²) in [6.07, 6.45) is 2.61. The van der Waals surface area contributed by atoms with Crippen LogP contribution in [0.5, 0.6) is 0 Å². The number of amides is 2. The molecule has 3 aliphatic heterocycles. The maximum atomic E-state index is 12.8. The van der Waals surface area contributed by atoms with Crippen molar-refractivity contribution in [3.05, 3.63) is 45.5 Å². The Balaban J connectivity index is 1.82. The molecule has 8 nitrogen and oxygen atoms in total. The van der Waals surface area contributed by atoms with Gasteiger partial charge in [-0.15, -0.1) is 0 Å². The van der Waals surface area contributed by atoms with Gasteiger partial charge < -0.3 is 9.84 Å². The molecule has 1 aromatic carbocycles. The summed E-state index contributed by atoms with van der Waals surface area (Å²) < 4.78 is 5.61. The Morgan fingerprint density at radius 3 is 2.79 bits per heavy atom. The van der Waals surface area contributed by atoms with E-state index >= 15 is 0 Å². The Morgan fingerprint density at radius 1 is 1.38 bits per heavy atom. The van der Waals surface area contributed by atoms with Gasteiger partial charge in [-0.2, -0.15) is 0 Å². The number of anilines is 1. The first-order valence-corrected chi connectivity index (χ1v) is 7.57. The lowest BCUT2D eigenvalue weighted by atomic mass is 9.77. The standard InChI is InChI=1S/C15H11ClN2O6/c16-7-1-2-8(9(5-7)18(22)23)17-13(20)11-10-3-4-15(6-19,24-10)12(11)14(17)21/h1-5,10-12,19H,6H2/t10-,11+,12+,15-/m1/s1. The van der Waals surface area contributed by atoms with Gasteiger partial charge in [0, 0.05) is 11.1 Å². The fourth-order valence-electron chi connectivity index (χ4n) is 3.75. The minimum absolute atomic E-state index is 0.124. The minimum atomic E-state index is -1.24. The van der Waals surface area contributed by atoms with Crippen molar-refractivity contribution >= 4 is 34.8 Å². The van der Waals surface area contributed by atoms with Crippen molar-refractivity contribution in [2.24, 2.45) is 11.8 Å². The highest BCUT2D eigenvalue weighted by atomic mass is 35.5. The average Bonchev–Trinajstić information content (AvgIpc) is 3.19. The van der Waals surface area contributed by atoms with E-state index in [1.165, 1.54) is 12.1 Å². The van der Waals surface area contributed by atoms with Gasteiger partial charge in [0.1, 0.15) is 11.3 Å². The predicted molar refractivity (Wildman–Crippen MR) is 81.4 cm³/mol. The summed E-state index contributed by atoms with van der Waals surface area (Å²) in [4.78, 5) is 37.0. The molecule has 4 atom stereocenters. The number of carbonyl (C=O) groups excluding carboxylic acids is 2. The largest absolute Gasteiger partial charge is 0.393 e. The molecular weight excluding hydrogens is 340 g/mol. The van der Waals surface area contributed by atoms with E-state index in [2.05, 4.69) is 0 Å². The van der Waals surface area contributed by atoms with Crippen molar-refractivity contribution in [1.82, 2.24) is 0 Å². The van der Waals surface area contributed by atoms with E-state index in [0.717, 1.165) is 11.0 Å². The second-order valence-corrected chi connectivity index (χ2v) is 6.40. The molecule has 3 aliphatic rings. The van der Waals surface area contributed by atoms with Crippen LogP contribution in [0.25, 0.3) is 0 Å². The van der Waals surface area contributed by atoms with Crippen molar-refractivity contribution < 1.29 is 24.4 Å². The molecule has 2 bridgehead atoms. The number of benzene rings is 1. The lowest BCUT2D eigenvalue weighted by molar-refractivity contribution is -0.384. The zero-order valence-electron chi connectivity index (χ0n) is 12.1. The molecule has 0 spiro atoms. The van der Waals surface area contributed by atoms with Crippen molar-refractivity contribution in [1.29, 1.82) is 0 Å². The fourth-order valence-corrected chi connectivity index (χ4v) is 3.92. The van der Waals surface area contributed by atoms with Crippen LogP contribution in [-0.2, 0) is 14.3 Å². The van der Waals surface area contributed by atoms with Crippen LogP contribution in [0.3, 0.4) is 0 Å². The van der Waals surface area contributed by atoms with Crippen LogP contribution in [0.15, 0.2) is 30.4 Å². The number of carbonyl (C=O) groups is 2. The zero-order chi connectivity index (χ0) is 17.2. The van der Waals surface area contributed by atoms with Crippen molar-refractivity contribution in [2.45, 2.75) is 11.7 Å². The lowest BCUT2D eigenvalue weighted by Gasteiger charge is -2.26. The highest BCUT2D eigenvalue weighted by molar-refractivity contribution is 6.31. The van der Waals surface area contributed by atoms with Crippen molar-refractivity contribution in [3.63, 3.8) is 0 Å². The number of nitro groups is 1. The highest BCUT2D eigenvalue weighted by Gasteiger charge is 2.68. The fraction of sp³-hybridized carbons (Fsp3) is 0.333.